The van der Waals surface area contributed by atoms with Gasteiger partial charge in [-0.15, -0.1) is 18.8 Å². The summed E-state index contributed by atoms with van der Waals surface area (Å²) in [6.07, 6.45) is 8.80. The van der Waals surface area contributed by atoms with Crippen molar-refractivity contribution in [2.45, 2.75) is 38.9 Å². The Hall–Kier alpha value is -1.61. The van der Waals surface area contributed by atoms with E-state index in [-0.39, 0.29) is 6.42 Å². The second-order valence-corrected chi connectivity index (χ2v) is 3.65. The van der Waals surface area contributed by atoms with E-state index in [1.807, 2.05) is 0 Å². The average Bonchev–Trinajstić information content (AvgIpc) is 2.00. The molecule has 3 heteroatoms. The van der Waals surface area contributed by atoms with Crippen molar-refractivity contribution < 1.29 is 14.3 Å². The van der Waals surface area contributed by atoms with E-state index < -0.39 is 17.9 Å². The van der Waals surface area contributed by atoms with Crippen LogP contribution in [0.2, 0.25) is 0 Å². The van der Waals surface area contributed by atoms with Gasteiger partial charge >= 0.3 is 6.16 Å². The van der Waals surface area contributed by atoms with E-state index in [4.69, 9.17) is 22.3 Å². The summed E-state index contributed by atoms with van der Waals surface area (Å²) in [6.45, 7) is 5.21. The van der Waals surface area contributed by atoms with Crippen molar-refractivity contribution in [3.63, 3.8) is 0 Å². The van der Waals surface area contributed by atoms with E-state index in [0.717, 1.165) is 0 Å². The lowest BCUT2D eigenvalue weighted by atomic mass is 10.2. The normalized spacial score (nSPS) is 12.1. The van der Waals surface area contributed by atoms with Gasteiger partial charge in [0.2, 0.25) is 0 Å². The summed E-state index contributed by atoms with van der Waals surface area (Å²) < 4.78 is 9.67. The third-order valence-corrected chi connectivity index (χ3v) is 1.12. The lowest BCUT2D eigenvalue weighted by Gasteiger charge is -2.20. The highest BCUT2D eigenvalue weighted by molar-refractivity contribution is 5.61. The van der Waals surface area contributed by atoms with Gasteiger partial charge in [-0.05, 0) is 20.8 Å². The molecule has 0 spiro atoms. The molecule has 0 rings (SSSR count). The average molecular weight is 194 g/mol. The van der Waals surface area contributed by atoms with Crippen molar-refractivity contribution in [1.82, 2.24) is 0 Å². The summed E-state index contributed by atoms with van der Waals surface area (Å²) in [4.78, 5) is 11.1. The van der Waals surface area contributed by atoms with Gasteiger partial charge in [0, 0.05) is 0 Å². The van der Waals surface area contributed by atoms with Gasteiger partial charge in [0.25, 0.3) is 0 Å². The van der Waals surface area contributed by atoms with Crippen LogP contribution in [0.1, 0.15) is 27.2 Å². The van der Waals surface area contributed by atoms with Crippen LogP contribution in [0.3, 0.4) is 0 Å². The molecule has 0 aromatic rings. The van der Waals surface area contributed by atoms with Crippen molar-refractivity contribution in [2.75, 3.05) is 0 Å². The number of hydrogen-bond acceptors (Lipinski definition) is 3. The predicted molar refractivity (Wildman–Crippen MR) is 53.4 cm³/mol. The highest BCUT2D eigenvalue weighted by Crippen LogP contribution is 2.09. The Kier molecular flexibility index (Phi) is 4.59. The molecule has 14 heavy (non-hydrogen) atoms. The summed E-state index contributed by atoms with van der Waals surface area (Å²) in [6, 6.07) is 0. The van der Waals surface area contributed by atoms with Crippen LogP contribution in [0.5, 0.6) is 0 Å². The van der Waals surface area contributed by atoms with Gasteiger partial charge in [-0.25, -0.2) is 4.79 Å². The fourth-order valence-electron chi connectivity index (χ4n) is 0.632. The fraction of sp³-hybridized carbons (Fsp3) is 0.545. The zero-order chi connectivity index (χ0) is 11.2. The molecule has 0 amide bonds. The highest BCUT2D eigenvalue weighted by atomic mass is 16.7. The Bertz CT molecular complexity index is 272. The first-order chi connectivity index (χ1) is 6.39. The molecule has 76 valence electrons. The Labute approximate surface area is 84.8 Å². The van der Waals surface area contributed by atoms with Gasteiger partial charge in [-0.3, -0.25) is 0 Å². The largest absolute Gasteiger partial charge is 0.510 e. The van der Waals surface area contributed by atoms with E-state index in [9.17, 15) is 4.79 Å². The summed E-state index contributed by atoms with van der Waals surface area (Å²) >= 11 is 0. The molecule has 0 aromatic carbocycles. The number of terminal acetylenes is 2. The Balaban J connectivity index is 4.07. The minimum atomic E-state index is -0.796. The molecule has 0 aliphatic carbocycles. The number of rotatable bonds is 2. The molecule has 3 nitrogen and oxygen atoms in total. The molecular weight excluding hydrogens is 180 g/mol. The maximum Gasteiger partial charge on any atom is 0.510 e. The third-order valence-electron chi connectivity index (χ3n) is 1.12. The monoisotopic (exact) mass is 194 g/mol. The fourth-order valence-corrected chi connectivity index (χ4v) is 0.632. The van der Waals surface area contributed by atoms with Crippen LogP contribution in [-0.4, -0.2) is 17.9 Å². The first kappa shape index (κ1) is 12.4. The second-order valence-electron chi connectivity index (χ2n) is 3.65. The maximum absolute atomic E-state index is 11.1. The van der Waals surface area contributed by atoms with Gasteiger partial charge in [0.1, 0.15) is 5.60 Å². The van der Waals surface area contributed by atoms with Crippen LogP contribution in [-0.2, 0) is 9.47 Å². The van der Waals surface area contributed by atoms with Crippen molar-refractivity contribution in [1.29, 1.82) is 0 Å². The van der Waals surface area contributed by atoms with Crippen LogP contribution >= 0.6 is 0 Å². The number of carbonyl (C=O) groups is 1. The zero-order valence-electron chi connectivity index (χ0n) is 8.66. The van der Waals surface area contributed by atoms with Crippen LogP contribution in [0.25, 0.3) is 0 Å². The molecular formula is C11H14O3. The van der Waals surface area contributed by atoms with Crippen LogP contribution in [0.15, 0.2) is 0 Å². The van der Waals surface area contributed by atoms with Gasteiger partial charge in [0.15, 0.2) is 6.10 Å². The van der Waals surface area contributed by atoms with E-state index in [0.29, 0.717) is 0 Å². The van der Waals surface area contributed by atoms with Crippen LogP contribution in [0, 0.1) is 24.7 Å². The second kappa shape index (κ2) is 5.19. The van der Waals surface area contributed by atoms with Gasteiger partial charge < -0.3 is 9.47 Å². The number of hydrogen-bond donors (Lipinski definition) is 0. The number of carbonyl (C=O) groups excluding carboxylic acids is 1. The molecule has 0 N–H and O–H groups in total. The van der Waals surface area contributed by atoms with Gasteiger partial charge in [-0.1, -0.05) is 5.92 Å². The van der Waals surface area contributed by atoms with E-state index in [1.165, 1.54) is 0 Å². The quantitative estimate of drug-likeness (QED) is 0.498. The standard InChI is InChI=1S/C11H14O3/c1-6-8-9(7-2)13-10(12)14-11(3,4)5/h1-2,9H,8H2,3-5H3. The molecule has 0 fully saturated rings. The van der Waals surface area contributed by atoms with Gasteiger partial charge in [0.05, 0.1) is 6.42 Å². The Morgan fingerprint density at radius 3 is 2.36 bits per heavy atom. The van der Waals surface area contributed by atoms with Crippen molar-refractivity contribution in [2.24, 2.45) is 0 Å². The highest BCUT2D eigenvalue weighted by Gasteiger charge is 2.19. The van der Waals surface area contributed by atoms with E-state index in [2.05, 4.69) is 11.8 Å². The topological polar surface area (TPSA) is 35.5 Å². The lowest BCUT2D eigenvalue weighted by molar-refractivity contribution is -0.0159. The molecule has 0 aliphatic heterocycles. The minimum Gasteiger partial charge on any atom is -0.429 e. The Morgan fingerprint density at radius 1 is 1.43 bits per heavy atom. The maximum atomic E-state index is 11.1. The molecule has 0 aromatic heterocycles. The lowest BCUT2D eigenvalue weighted by Crippen LogP contribution is -2.27. The minimum absolute atomic E-state index is 0.190. The smallest absolute Gasteiger partial charge is 0.429 e. The predicted octanol–water partition coefficient (Wildman–Crippen LogP) is 1.96. The van der Waals surface area contributed by atoms with Gasteiger partial charge in [-0.2, -0.15) is 0 Å². The summed E-state index contributed by atoms with van der Waals surface area (Å²) in [7, 11) is 0. The first-order valence-electron chi connectivity index (χ1n) is 4.18. The van der Waals surface area contributed by atoms with E-state index >= 15 is 0 Å². The summed E-state index contributed by atoms with van der Waals surface area (Å²) in [5.74, 6) is 4.57. The Morgan fingerprint density at radius 2 is 2.00 bits per heavy atom. The summed E-state index contributed by atoms with van der Waals surface area (Å²) in [5, 5.41) is 0. The van der Waals surface area contributed by atoms with Crippen molar-refractivity contribution >= 4 is 6.16 Å². The molecule has 0 saturated carbocycles. The number of ether oxygens (including phenoxy) is 2. The molecule has 0 radical (unpaired) electrons. The third kappa shape index (κ3) is 5.97. The molecule has 0 heterocycles. The zero-order valence-corrected chi connectivity index (χ0v) is 8.66. The molecule has 1 unspecified atom stereocenters. The molecule has 0 bridgehead atoms. The molecule has 1 atom stereocenters. The van der Waals surface area contributed by atoms with Crippen LogP contribution in [0.4, 0.5) is 4.79 Å². The van der Waals surface area contributed by atoms with Crippen molar-refractivity contribution in [3.05, 3.63) is 0 Å². The van der Waals surface area contributed by atoms with E-state index in [1.54, 1.807) is 20.8 Å². The first-order valence-corrected chi connectivity index (χ1v) is 4.18. The van der Waals surface area contributed by atoms with Crippen molar-refractivity contribution in [3.8, 4) is 24.7 Å². The molecule has 0 aliphatic rings. The summed E-state index contributed by atoms with van der Waals surface area (Å²) in [5.41, 5.74) is -0.591. The van der Waals surface area contributed by atoms with Crippen LogP contribution < -0.4 is 0 Å². The SMILES string of the molecule is C#CCC(C#C)OC(=O)OC(C)(C)C. The molecule has 0 saturated heterocycles.